The van der Waals surface area contributed by atoms with Crippen LogP contribution in [-0.2, 0) is 25.9 Å². The van der Waals surface area contributed by atoms with Crippen LogP contribution in [0.25, 0.3) is 0 Å². The van der Waals surface area contributed by atoms with Crippen LogP contribution in [0.5, 0.6) is 5.75 Å². The molecule has 39 heavy (non-hydrogen) atoms. The lowest BCUT2D eigenvalue weighted by Crippen LogP contribution is -2.47. The third-order valence-electron chi connectivity index (χ3n) is 7.31. The van der Waals surface area contributed by atoms with Crippen LogP contribution >= 0.6 is 10.6 Å². The second-order valence-electron chi connectivity index (χ2n) is 10.1. The molecule has 3 heterocycles. The van der Waals surface area contributed by atoms with Crippen molar-refractivity contribution < 1.29 is 41.3 Å². The molecule has 2 saturated heterocycles. The number of carbonyl (C=O) groups excluding carboxylic acids is 1. The number of benzene rings is 2. The van der Waals surface area contributed by atoms with Gasteiger partial charge in [0.25, 0.3) is 5.91 Å². The van der Waals surface area contributed by atoms with Gasteiger partial charge in [-0.3, -0.25) is 9.69 Å². The maximum atomic E-state index is 13.2. The standard InChI is InChI=1S/C27H33F3N2O6S/c28-27(29,30)19-5-4-6-20(14-19)39(37-17-38-39)16-23(33)25(34)26(35)31-22-9-12-36-24-13-18(7-8-21(22)24)15-32-10-2-1-3-11-32/h4-8,13-14,22-23,25,33-34H,1-3,9-12,15-17H2,(H,31,35)/t22-,23-,25-/m1/s1. The second kappa shape index (κ2) is 11.6. The average Bonchev–Trinajstić information content (AvgIpc) is 2.90. The molecule has 2 fully saturated rings. The molecule has 0 saturated carbocycles. The van der Waals surface area contributed by atoms with Crippen molar-refractivity contribution in [1.82, 2.24) is 10.2 Å². The molecule has 0 aromatic heterocycles. The molecule has 0 spiro atoms. The highest BCUT2D eigenvalue weighted by Crippen LogP contribution is 2.64. The molecular formula is C27H33F3N2O6S. The number of hydrogen-bond acceptors (Lipinski definition) is 7. The van der Waals surface area contributed by atoms with Crippen LogP contribution in [0.15, 0.2) is 47.4 Å². The number of ether oxygens (including phenoxy) is 1. The van der Waals surface area contributed by atoms with Crippen molar-refractivity contribution in [3.8, 4) is 5.75 Å². The number of carbonyl (C=O) groups is 1. The lowest BCUT2D eigenvalue weighted by Gasteiger charge is -2.51. The van der Waals surface area contributed by atoms with E-state index in [0.717, 1.165) is 42.9 Å². The van der Waals surface area contributed by atoms with Gasteiger partial charge in [-0.2, -0.15) is 23.8 Å². The number of rotatable bonds is 8. The Morgan fingerprint density at radius 3 is 2.56 bits per heavy atom. The monoisotopic (exact) mass is 570 g/mol. The fraction of sp³-hybridized carbons (Fsp3) is 0.519. The van der Waals surface area contributed by atoms with E-state index in [1.165, 1.54) is 31.4 Å². The minimum Gasteiger partial charge on any atom is -0.493 e. The Bertz CT molecular complexity index is 1170. The maximum Gasteiger partial charge on any atom is 0.416 e. The predicted molar refractivity (Wildman–Crippen MR) is 138 cm³/mol. The molecule has 3 N–H and O–H groups in total. The van der Waals surface area contributed by atoms with Gasteiger partial charge in [0.2, 0.25) is 0 Å². The normalized spacial score (nSPS) is 23.5. The van der Waals surface area contributed by atoms with E-state index in [0.29, 0.717) is 18.8 Å². The van der Waals surface area contributed by atoms with Crippen LogP contribution in [0.4, 0.5) is 13.2 Å². The predicted octanol–water partition coefficient (Wildman–Crippen LogP) is 4.05. The zero-order chi connectivity index (χ0) is 27.6. The number of aliphatic hydroxyl groups excluding tert-OH is 2. The first kappa shape index (κ1) is 28.2. The van der Waals surface area contributed by atoms with Gasteiger partial charge >= 0.3 is 6.18 Å². The van der Waals surface area contributed by atoms with Crippen molar-refractivity contribution in [3.05, 3.63) is 59.2 Å². The number of likely N-dealkylation sites (tertiary alicyclic amines) is 1. The summed E-state index contributed by atoms with van der Waals surface area (Å²) in [6.45, 7) is 3.21. The van der Waals surface area contributed by atoms with E-state index in [1.54, 1.807) is 0 Å². The van der Waals surface area contributed by atoms with E-state index in [1.807, 2.05) is 18.2 Å². The lowest BCUT2D eigenvalue weighted by atomic mass is 9.98. The summed E-state index contributed by atoms with van der Waals surface area (Å²) in [6.07, 6.45) is -3.88. The molecule has 0 bridgehead atoms. The van der Waals surface area contributed by atoms with Gasteiger partial charge in [0.05, 0.1) is 28.9 Å². The Labute approximate surface area is 226 Å². The molecule has 1 amide bonds. The highest BCUT2D eigenvalue weighted by Gasteiger charge is 2.41. The molecule has 0 aliphatic carbocycles. The van der Waals surface area contributed by atoms with Gasteiger partial charge in [0.1, 0.15) is 11.9 Å². The van der Waals surface area contributed by atoms with E-state index in [2.05, 4.69) is 10.2 Å². The van der Waals surface area contributed by atoms with E-state index < -0.39 is 46.5 Å². The summed E-state index contributed by atoms with van der Waals surface area (Å²) < 4.78 is 56.5. The first-order valence-electron chi connectivity index (χ1n) is 13.1. The topological polar surface area (TPSA) is 100 Å². The molecule has 5 rings (SSSR count). The molecule has 3 atom stereocenters. The van der Waals surface area contributed by atoms with Crippen LogP contribution in [0.3, 0.4) is 0 Å². The minimum atomic E-state index is -4.56. The number of aliphatic hydroxyl groups is 2. The Balaban J connectivity index is 1.23. The number of hydrogen-bond donors (Lipinski definition) is 3. The van der Waals surface area contributed by atoms with Crippen molar-refractivity contribution >= 4 is 16.5 Å². The molecule has 3 aliphatic rings. The number of amides is 1. The van der Waals surface area contributed by atoms with E-state index >= 15 is 0 Å². The Hall–Kier alpha value is -2.35. The number of halogens is 3. The number of nitrogens with zero attached hydrogens (tertiary/aromatic N) is 1. The summed E-state index contributed by atoms with van der Waals surface area (Å²) in [4.78, 5) is 15.4. The fourth-order valence-corrected chi connectivity index (χ4v) is 7.37. The molecule has 8 nitrogen and oxygen atoms in total. The van der Waals surface area contributed by atoms with Gasteiger partial charge in [-0.25, -0.2) is 8.37 Å². The van der Waals surface area contributed by atoms with E-state index in [4.69, 9.17) is 13.1 Å². The SMILES string of the molecule is O=C(N[C@@H]1CCOc2cc(CN3CCCCC3)ccc21)[C@H](O)[C@H](O)CS1(c2cccc(C(F)(F)F)c2)OCO1. The summed E-state index contributed by atoms with van der Waals surface area (Å²) in [7, 11) is -2.75. The highest BCUT2D eigenvalue weighted by atomic mass is 32.3. The Morgan fingerprint density at radius 1 is 1.10 bits per heavy atom. The molecule has 214 valence electrons. The first-order chi connectivity index (χ1) is 18.6. The summed E-state index contributed by atoms with van der Waals surface area (Å²) >= 11 is 0. The van der Waals surface area contributed by atoms with Crippen LogP contribution in [0.2, 0.25) is 0 Å². The van der Waals surface area contributed by atoms with Gasteiger partial charge in [-0.15, -0.1) is 0 Å². The highest BCUT2D eigenvalue weighted by molar-refractivity contribution is 8.26. The minimum absolute atomic E-state index is 0.119. The van der Waals surface area contributed by atoms with Crippen molar-refractivity contribution in [2.45, 2.75) is 61.5 Å². The molecule has 2 aromatic rings. The fourth-order valence-electron chi connectivity index (χ4n) is 5.16. The largest absolute Gasteiger partial charge is 0.493 e. The van der Waals surface area contributed by atoms with Crippen molar-refractivity contribution in [1.29, 1.82) is 0 Å². The number of nitrogens with one attached hydrogen (secondary N) is 1. The Morgan fingerprint density at radius 2 is 1.87 bits per heavy atom. The number of fused-ring (bicyclic) bond motifs is 1. The molecule has 0 radical (unpaired) electrons. The molecule has 3 aliphatic heterocycles. The second-order valence-corrected chi connectivity index (χ2v) is 12.6. The van der Waals surface area contributed by atoms with Gasteiger partial charge in [0.15, 0.2) is 12.9 Å². The van der Waals surface area contributed by atoms with Crippen LogP contribution < -0.4 is 10.1 Å². The quantitative estimate of drug-likeness (QED) is 0.440. The van der Waals surface area contributed by atoms with Crippen molar-refractivity contribution in [2.24, 2.45) is 0 Å². The number of piperidine rings is 1. The van der Waals surface area contributed by atoms with Crippen LogP contribution in [0.1, 0.15) is 48.4 Å². The van der Waals surface area contributed by atoms with Gasteiger partial charge in [-0.1, -0.05) is 24.6 Å². The first-order valence-corrected chi connectivity index (χ1v) is 14.7. The third kappa shape index (κ3) is 6.36. The summed E-state index contributed by atoms with van der Waals surface area (Å²) in [6, 6.07) is 9.98. The summed E-state index contributed by atoms with van der Waals surface area (Å²) in [5, 5.41) is 24.1. The molecule has 0 unspecified atom stereocenters. The summed E-state index contributed by atoms with van der Waals surface area (Å²) in [5.74, 6) is -0.469. The van der Waals surface area contributed by atoms with Crippen molar-refractivity contribution in [3.63, 3.8) is 0 Å². The maximum absolute atomic E-state index is 13.2. The average molecular weight is 571 g/mol. The van der Waals surface area contributed by atoms with Crippen molar-refractivity contribution in [2.75, 3.05) is 32.2 Å². The molecular weight excluding hydrogens is 537 g/mol. The lowest BCUT2D eigenvalue weighted by molar-refractivity contribution is -0.137. The zero-order valence-electron chi connectivity index (χ0n) is 21.4. The van der Waals surface area contributed by atoms with Crippen LogP contribution in [-0.4, -0.2) is 65.5 Å². The van der Waals surface area contributed by atoms with Gasteiger partial charge < -0.3 is 20.3 Å². The third-order valence-corrected chi connectivity index (χ3v) is 10.0. The van der Waals surface area contributed by atoms with Crippen LogP contribution in [0, 0.1) is 0 Å². The Kier molecular flexibility index (Phi) is 8.41. The number of alkyl halides is 3. The van der Waals surface area contributed by atoms with Gasteiger partial charge in [0, 0.05) is 18.5 Å². The summed E-state index contributed by atoms with van der Waals surface area (Å²) in [5.41, 5.74) is 1.04. The van der Waals surface area contributed by atoms with Gasteiger partial charge in [-0.05, 0) is 55.8 Å². The smallest absolute Gasteiger partial charge is 0.416 e. The zero-order valence-corrected chi connectivity index (χ0v) is 22.2. The molecule has 12 heteroatoms. The van der Waals surface area contributed by atoms with E-state index in [9.17, 15) is 28.2 Å². The molecule has 2 aromatic carbocycles. The van der Waals surface area contributed by atoms with E-state index in [-0.39, 0.29) is 17.4 Å².